The Labute approximate surface area is 143 Å². The number of aromatic nitrogens is 1. The van der Waals surface area contributed by atoms with Gasteiger partial charge in [-0.25, -0.2) is 9.98 Å². The maximum absolute atomic E-state index is 4.43. The average Bonchev–Trinajstić information content (AvgIpc) is 2.58. The molecule has 4 nitrogen and oxygen atoms in total. The number of hydrogen-bond donors (Lipinski definition) is 1. The van der Waals surface area contributed by atoms with Crippen molar-refractivity contribution in [2.45, 2.75) is 9.79 Å². The van der Waals surface area contributed by atoms with E-state index in [4.69, 9.17) is 0 Å². The molecule has 1 N–H and O–H groups in total. The third-order valence-corrected chi connectivity index (χ3v) is 5.61. The van der Waals surface area contributed by atoms with E-state index in [0.29, 0.717) is 0 Å². The summed E-state index contributed by atoms with van der Waals surface area (Å²) in [7, 11) is 0. The van der Waals surface area contributed by atoms with E-state index >= 15 is 0 Å². The molecule has 1 aliphatic rings. The molecule has 1 aromatic heterocycles. The van der Waals surface area contributed by atoms with Gasteiger partial charge in [0.15, 0.2) is 3.84 Å². The molecule has 6 heteroatoms. The van der Waals surface area contributed by atoms with E-state index < -0.39 is 0 Å². The van der Waals surface area contributed by atoms with Gasteiger partial charge in [0.1, 0.15) is 5.82 Å². The van der Waals surface area contributed by atoms with Gasteiger partial charge < -0.3 is 5.32 Å². The number of pyridine rings is 1. The summed E-state index contributed by atoms with van der Waals surface area (Å²) in [6.07, 6.45) is 5.61. The normalized spacial score (nSPS) is 13.6. The van der Waals surface area contributed by atoms with Crippen LogP contribution in [0.15, 0.2) is 80.5 Å². The van der Waals surface area contributed by atoms with Crippen LogP contribution in [0.2, 0.25) is 0 Å². The number of anilines is 1. The molecule has 0 atom stereocenters. The van der Waals surface area contributed by atoms with Crippen molar-refractivity contribution in [3.63, 3.8) is 0 Å². The molecule has 1 aromatic carbocycles. The fourth-order valence-corrected chi connectivity index (χ4v) is 3.98. The van der Waals surface area contributed by atoms with Crippen molar-refractivity contribution in [1.29, 1.82) is 0 Å². The number of nitrogens with zero attached hydrogens (tertiary/aromatic N) is 3. The van der Waals surface area contributed by atoms with Crippen molar-refractivity contribution in [1.82, 2.24) is 4.98 Å². The van der Waals surface area contributed by atoms with Crippen molar-refractivity contribution in [2.75, 3.05) is 5.32 Å². The highest BCUT2D eigenvalue weighted by molar-refractivity contribution is 14.2. The van der Waals surface area contributed by atoms with E-state index in [1.54, 1.807) is 24.2 Å². The first kappa shape index (κ1) is 15.1. The molecule has 0 spiro atoms. The standard InChI is InChI=1S/C16H13IN4S/c1-18-16-17-9-6-15(21-16)20-12-2-4-13(5-3-12)22-14-7-10-19-11-8-14/h2-11H,1H2,(H,20,21). The SMILES string of the molecule is C=NC1=NC(Nc2ccc(Sc3ccncc3)cc2)=CC=I1. The molecule has 22 heavy (non-hydrogen) atoms. The van der Waals surface area contributed by atoms with Crippen molar-refractivity contribution in [2.24, 2.45) is 9.98 Å². The lowest BCUT2D eigenvalue weighted by Crippen LogP contribution is -2.01. The molecule has 110 valence electrons. The number of allylic oxidation sites excluding steroid dienone is 1. The summed E-state index contributed by atoms with van der Waals surface area (Å²) >= 11 is 1.49. The van der Waals surface area contributed by atoms with Crippen LogP contribution < -0.4 is 5.32 Å². The Bertz CT molecular complexity index is 751. The van der Waals surface area contributed by atoms with Gasteiger partial charge >= 0.3 is 0 Å². The zero-order valence-electron chi connectivity index (χ0n) is 11.6. The third-order valence-electron chi connectivity index (χ3n) is 2.74. The van der Waals surface area contributed by atoms with E-state index in [2.05, 4.69) is 43.1 Å². The zero-order valence-corrected chi connectivity index (χ0v) is 14.6. The van der Waals surface area contributed by atoms with Crippen LogP contribution in [0.1, 0.15) is 0 Å². The Balaban J connectivity index is 1.67. The Morgan fingerprint density at radius 2 is 1.77 bits per heavy atom. The summed E-state index contributed by atoms with van der Waals surface area (Å²) in [4.78, 5) is 14.7. The van der Waals surface area contributed by atoms with Crippen LogP contribution in [0.4, 0.5) is 5.69 Å². The summed E-state index contributed by atoms with van der Waals surface area (Å²) in [5.41, 5.74) is 1.01. The fraction of sp³-hybridized carbons (Fsp3) is 0. The Hall–Kier alpha value is -1.80. The smallest absolute Gasteiger partial charge is 0.186 e. The van der Waals surface area contributed by atoms with E-state index in [1.165, 1.54) is 9.79 Å². The van der Waals surface area contributed by atoms with Crippen LogP contribution in [0.5, 0.6) is 0 Å². The maximum Gasteiger partial charge on any atom is 0.186 e. The third kappa shape index (κ3) is 4.11. The van der Waals surface area contributed by atoms with Gasteiger partial charge in [-0.1, -0.05) is 11.8 Å². The molecule has 0 saturated carbocycles. The Kier molecular flexibility index (Phi) is 5.12. The lowest BCUT2D eigenvalue weighted by atomic mass is 10.3. The van der Waals surface area contributed by atoms with Gasteiger partial charge in [-0.15, -0.1) is 0 Å². The number of rotatable bonds is 4. The summed E-state index contributed by atoms with van der Waals surface area (Å²) in [6.45, 7) is 3.54. The van der Waals surface area contributed by atoms with Crippen molar-refractivity contribution in [3.05, 3.63) is 60.7 Å². The molecule has 0 amide bonds. The van der Waals surface area contributed by atoms with Gasteiger partial charge in [-0.3, -0.25) is 4.98 Å². The summed E-state index contributed by atoms with van der Waals surface area (Å²) in [6, 6.07) is 12.3. The molecule has 0 unspecified atom stereocenters. The fourth-order valence-electron chi connectivity index (χ4n) is 1.74. The van der Waals surface area contributed by atoms with Gasteiger partial charge in [0.25, 0.3) is 0 Å². The largest absolute Gasteiger partial charge is 0.340 e. The van der Waals surface area contributed by atoms with Crippen LogP contribution in [0.3, 0.4) is 0 Å². The Morgan fingerprint density at radius 3 is 2.50 bits per heavy atom. The minimum absolute atomic E-state index is 0.218. The number of halogens is 1. The van der Waals surface area contributed by atoms with Crippen molar-refractivity contribution >= 4 is 52.8 Å². The van der Waals surface area contributed by atoms with Gasteiger partial charge in [0.05, 0.1) is 0 Å². The van der Waals surface area contributed by atoms with Crippen LogP contribution in [0.25, 0.3) is 0 Å². The number of nitrogens with one attached hydrogen (secondary N) is 1. The van der Waals surface area contributed by atoms with Crippen LogP contribution >= 0.6 is 32.5 Å². The monoisotopic (exact) mass is 420 g/mol. The number of benzene rings is 1. The van der Waals surface area contributed by atoms with Gasteiger partial charge in [0, 0.05) is 27.9 Å². The van der Waals surface area contributed by atoms with E-state index in [-0.39, 0.29) is 20.7 Å². The van der Waals surface area contributed by atoms with Gasteiger partial charge in [-0.05, 0) is 73.9 Å². The molecular weight excluding hydrogens is 407 g/mol. The second-order valence-electron chi connectivity index (χ2n) is 4.26. The first-order valence-corrected chi connectivity index (χ1v) is 9.65. The first-order valence-electron chi connectivity index (χ1n) is 6.51. The highest BCUT2D eigenvalue weighted by Crippen LogP contribution is 2.28. The predicted octanol–water partition coefficient (Wildman–Crippen LogP) is 4.33. The summed E-state index contributed by atoms with van der Waals surface area (Å²) < 4.78 is 2.97. The zero-order chi connectivity index (χ0) is 15.2. The molecular formula is C16H13IN4S. The summed E-state index contributed by atoms with van der Waals surface area (Å²) in [5, 5.41) is 3.29. The number of aliphatic imine (C=N–C) groups is 2. The topological polar surface area (TPSA) is 49.6 Å². The molecule has 2 heterocycles. The van der Waals surface area contributed by atoms with E-state index in [0.717, 1.165) is 15.4 Å². The lowest BCUT2D eigenvalue weighted by Gasteiger charge is -2.09. The molecule has 1 aliphatic heterocycles. The average molecular weight is 420 g/mol. The van der Waals surface area contributed by atoms with Crippen LogP contribution in [-0.2, 0) is 0 Å². The van der Waals surface area contributed by atoms with Crippen LogP contribution in [-0.4, -0.2) is 19.6 Å². The van der Waals surface area contributed by atoms with Crippen LogP contribution in [0, 0.1) is 0 Å². The van der Waals surface area contributed by atoms with Crippen molar-refractivity contribution < 1.29 is 0 Å². The quantitative estimate of drug-likeness (QED) is 0.455. The second-order valence-corrected chi connectivity index (χ2v) is 7.71. The minimum atomic E-state index is -0.218. The van der Waals surface area contributed by atoms with Gasteiger partial charge in [0.2, 0.25) is 0 Å². The molecule has 0 bridgehead atoms. The lowest BCUT2D eigenvalue weighted by molar-refractivity contribution is 1.26. The molecule has 0 fully saturated rings. The number of hydrogen-bond acceptors (Lipinski definition) is 5. The highest BCUT2D eigenvalue weighted by Gasteiger charge is 2.02. The van der Waals surface area contributed by atoms with E-state index in [1.807, 2.05) is 30.3 Å². The van der Waals surface area contributed by atoms with E-state index in [9.17, 15) is 0 Å². The molecule has 3 rings (SSSR count). The highest BCUT2D eigenvalue weighted by atomic mass is 127. The second kappa shape index (κ2) is 7.46. The first-order chi connectivity index (χ1) is 10.8. The summed E-state index contributed by atoms with van der Waals surface area (Å²) in [5.74, 6) is 0.808. The molecule has 0 radical (unpaired) electrons. The van der Waals surface area contributed by atoms with Crippen molar-refractivity contribution in [3.8, 4) is 0 Å². The predicted molar refractivity (Wildman–Crippen MR) is 104 cm³/mol. The molecule has 2 aromatic rings. The number of amidine groups is 1. The Morgan fingerprint density at radius 1 is 1.05 bits per heavy atom. The van der Waals surface area contributed by atoms with Gasteiger partial charge in [-0.2, -0.15) is 0 Å². The minimum Gasteiger partial charge on any atom is -0.340 e. The molecule has 0 aliphatic carbocycles. The maximum atomic E-state index is 4.43. The molecule has 0 saturated heterocycles.